The van der Waals surface area contributed by atoms with Crippen molar-refractivity contribution in [3.05, 3.63) is 0 Å². The zero-order chi connectivity index (χ0) is 10.3. The normalized spacial score (nSPS) is 15.3. The molecular formula is C10H22N2O. The number of nitrogens with two attached hydrogens (primary N) is 1. The quantitative estimate of drug-likeness (QED) is 0.632. The molecule has 0 aromatic heterocycles. The Morgan fingerprint density at radius 3 is 2.31 bits per heavy atom. The summed E-state index contributed by atoms with van der Waals surface area (Å²) in [6.07, 6.45) is 3.50. The summed E-state index contributed by atoms with van der Waals surface area (Å²) in [5.41, 5.74) is 5.18. The molecule has 13 heavy (non-hydrogen) atoms. The van der Waals surface area contributed by atoms with Gasteiger partial charge in [0.25, 0.3) is 0 Å². The first-order chi connectivity index (χ1) is 6.10. The second-order valence-electron chi connectivity index (χ2n) is 3.56. The van der Waals surface area contributed by atoms with Gasteiger partial charge in [0.05, 0.1) is 0 Å². The van der Waals surface area contributed by atoms with E-state index in [1.165, 1.54) is 0 Å². The maximum atomic E-state index is 10.9. The number of hydrogen-bond donors (Lipinski definition) is 2. The van der Waals surface area contributed by atoms with Gasteiger partial charge in [-0.15, -0.1) is 0 Å². The summed E-state index contributed by atoms with van der Waals surface area (Å²) in [5.74, 6) is -0.212. The zero-order valence-electron chi connectivity index (χ0n) is 9.02. The van der Waals surface area contributed by atoms with Gasteiger partial charge >= 0.3 is 0 Å². The van der Waals surface area contributed by atoms with Crippen LogP contribution in [-0.4, -0.2) is 18.0 Å². The molecule has 0 rings (SSSR count). The fourth-order valence-electron chi connectivity index (χ4n) is 1.85. The largest absolute Gasteiger partial charge is 0.370 e. The van der Waals surface area contributed by atoms with Crippen LogP contribution in [0.3, 0.4) is 0 Å². The highest BCUT2D eigenvalue weighted by Gasteiger charge is 2.27. The molecule has 0 saturated heterocycles. The van der Waals surface area contributed by atoms with Crippen LogP contribution in [-0.2, 0) is 4.79 Å². The molecule has 0 aliphatic carbocycles. The summed E-state index contributed by atoms with van der Waals surface area (Å²) in [6.45, 7) is 7.17. The van der Waals surface area contributed by atoms with Crippen molar-refractivity contribution in [3.8, 4) is 0 Å². The molecule has 0 aliphatic heterocycles. The molecule has 0 spiro atoms. The summed E-state index contributed by atoms with van der Waals surface area (Å²) < 4.78 is 0. The van der Waals surface area contributed by atoms with E-state index in [1.807, 2.05) is 0 Å². The highest BCUT2D eigenvalue weighted by molar-refractivity contribution is 5.75. The van der Waals surface area contributed by atoms with E-state index in [-0.39, 0.29) is 11.4 Å². The highest BCUT2D eigenvalue weighted by atomic mass is 16.1. The molecule has 0 heterocycles. The van der Waals surface area contributed by atoms with Crippen LogP contribution in [0.15, 0.2) is 0 Å². The number of primary amides is 1. The maximum Gasteiger partial charge on any atom is 0.219 e. The molecule has 78 valence electrons. The van der Waals surface area contributed by atoms with Crippen molar-refractivity contribution >= 4 is 5.91 Å². The molecule has 0 radical (unpaired) electrons. The molecule has 0 aromatic carbocycles. The minimum Gasteiger partial charge on any atom is -0.370 e. The first-order valence-electron chi connectivity index (χ1n) is 5.13. The van der Waals surface area contributed by atoms with Crippen LogP contribution < -0.4 is 11.1 Å². The predicted molar refractivity (Wildman–Crippen MR) is 55.4 cm³/mol. The van der Waals surface area contributed by atoms with E-state index in [9.17, 15) is 4.79 Å². The van der Waals surface area contributed by atoms with Gasteiger partial charge in [0, 0.05) is 12.0 Å². The van der Waals surface area contributed by atoms with Crippen LogP contribution in [0, 0.1) is 0 Å². The maximum absolute atomic E-state index is 10.9. The van der Waals surface area contributed by atoms with Crippen molar-refractivity contribution in [1.82, 2.24) is 5.32 Å². The highest BCUT2D eigenvalue weighted by Crippen LogP contribution is 2.21. The van der Waals surface area contributed by atoms with Crippen LogP contribution in [0.1, 0.15) is 46.5 Å². The van der Waals surface area contributed by atoms with E-state index in [2.05, 4.69) is 26.1 Å². The molecule has 0 saturated carbocycles. The minimum absolute atomic E-state index is 0.0602. The van der Waals surface area contributed by atoms with Crippen molar-refractivity contribution in [3.63, 3.8) is 0 Å². The van der Waals surface area contributed by atoms with Gasteiger partial charge in [-0.25, -0.2) is 0 Å². The number of carbonyl (C=O) groups is 1. The van der Waals surface area contributed by atoms with Gasteiger partial charge in [0.2, 0.25) is 5.91 Å². The summed E-state index contributed by atoms with van der Waals surface area (Å²) in [6, 6.07) is 0. The number of nitrogens with one attached hydrogen (secondary N) is 1. The molecule has 0 aliphatic rings. The molecule has 1 amide bonds. The van der Waals surface area contributed by atoms with E-state index >= 15 is 0 Å². The van der Waals surface area contributed by atoms with Crippen LogP contribution in [0.4, 0.5) is 0 Å². The molecule has 0 aromatic rings. The van der Waals surface area contributed by atoms with E-state index in [1.54, 1.807) is 0 Å². The lowest BCUT2D eigenvalue weighted by Gasteiger charge is -2.32. The Morgan fingerprint density at radius 2 is 2.00 bits per heavy atom. The molecular weight excluding hydrogens is 164 g/mol. The lowest BCUT2D eigenvalue weighted by Crippen LogP contribution is -2.47. The van der Waals surface area contributed by atoms with Crippen molar-refractivity contribution in [2.45, 2.75) is 52.0 Å². The third-order valence-electron chi connectivity index (χ3n) is 2.47. The average molecular weight is 186 g/mol. The molecule has 3 N–H and O–H groups in total. The number of amides is 1. The molecule has 1 unspecified atom stereocenters. The van der Waals surface area contributed by atoms with Gasteiger partial charge < -0.3 is 11.1 Å². The predicted octanol–water partition coefficient (Wildman–Crippen LogP) is 1.42. The second kappa shape index (κ2) is 5.97. The Labute approximate surface area is 81.1 Å². The monoisotopic (exact) mass is 186 g/mol. The van der Waals surface area contributed by atoms with E-state index < -0.39 is 0 Å². The SMILES string of the molecule is CCCC(CC)(CC(N)=O)NCC. The molecule has 3 nitrogen and oxygen atoms in total. The van der Waals surface area contributed by atoms with Crippen molar-refractivity contribution < 1.29 is 4.79 Å². The van der Waals surface area contributed by atoms with Gasteiger partial charge in [0.15, 0.2) is 0 Å². The Bertz CT molecular complexity index is 151. The zero-order valence-corrected chi connectivity index (χ0v) is 9.02. The topological polar surface area (TPSA) is 55.1 Å². The summed E-state index contributed by atoms with van der Waals surface area (Å²) in [4.78, 5) is 10.9. The smallest absolute Gasteiger partial charge is 0.219 e. The third-order valence-corrected chi connectivity index (χ3v) is 2.47. The fourth-order valence-corrected chi connectivity index (χ4v) is 1.85. The Kier molecular flexibility index (Phi) is 5.71. The molecule has 1 atom stereocenters. The first kappa shape index (κ1) is 12.4. The Balaban J connectivity index is 4.33. The lowest BCUT2D eigenvalue weighted by atomic mass is 9.87. The van der Waals surface area contributed by atoms with E-state index in [0.29, 0.717) is 6.42 Å². The second-order valence-corrected chi connectivity index (χ2v) is 3.56. The molecule has 0 fully saturated rings. The number of carbonyl (C=O) groups excluding carboxylic acids is 1. The fraction of sp³-hybridized carbons (Fsp3) is 0.900. The van der Waals surface area contributed by atoms with E-state index in [4.69, 9.17) is 5.73 Å². The van der Waals surface area contributed by atoms with Crippen LogP contribution >= 0.6 is 0 Å². The van der Waals surface area contributed by atoms with Crippen molar-refractivity contribution in [2.24, 2.45) is 5.73 Å². The van der Waals surface area contributed by atoms with Gasteiger partial charge in [-0.05, 0) is 19.4 Å². The first-order valence-corrected chi connectivity index (χ1v) is 5.13. The van der Waals surface area contributed by atoms with Gasteiger partial charge in [-0.3, -0.25) is 4.79 Å². The summed E-state index contributed by atoms with van der Waals surface area (Å²) in [5, 5.41) is 3.38. The van der Waals surface area contributed by atoms with Gasteiger partial charge in [0.1, 0.15) is 0 Å². The van der Waals surface area contributed by atoms with Crippen molar-refractivity contribution in [2.75, 3.05) is 6.54 Å². The Hall–Kier alpha value is -0.570. The van der Waals surface area contributed by atoms with Gasteiger partial charge in [-0.2, -0.15) is 0 Å². The van der Waals surface area contributed by atoms with E-state index in [0.717, 1.165) is 25.8 Å². The standard InChI is InChI=1S/C10H22N2O/c1-4-7-10(5-2,12-6-3)8-9(11)13/h12H,4-8H2,1-3H3,(H2,11,13). The van der Waals surface area contributed by atoms with Crippen LogP contribution in [0.25, 0.3) is 0 Å². The molecule has 3 heteroatoms. The Morgan fingerprint density at radius 1 is 1.38 bits per heavy atom. The lowest BCUT2D eigenvalue weighted by molar-refractivity contribution is -0.119. The number of hydrogen-bond acceptors (Lipinski definition) is 2. The minimum atomic E-state index is -0.212. The third kappa shape index (κ3) is 4.27. The number of rotatable bonds is 7. The van der Waals surface area contributed by atoms with Crippen LogP contribution in [0.2, 0.25) is 0 Å². The van der Waals surface area contributed by atoms with Crippen molar-refractivity contribution in [1.29, 1.82) is 0 Å². The summed E-state index contributed by atoms with van der Waals surface area (Å²) >= 11 is 0. The summed E-state index contributed by atoms with van der Waals surface area (Å²) in [7, 11) is 0. The molecule has 0 bridgehead atoms. The van der Waals surface area contributed by atoms with Crippen LogP contribution in [0.5, 0.6) is 0 Å². The van der Waals surface area contributed by atoms with Gasteiger partial charge in [-0.1, -0.05) is 27.2 Å². The average Bonchev–Trinajstić information content (AvgIpc) is 2.04.